The van der Waals surface area contributed by atoms with Gasteiger partial charge in [0.05, 0.1) is 12.6 Å². The van der Waals surface area contributed by atoms with E-state index in [1.807, 2.05) is 19.2 Å². The molecule has 0 saturated heterocycles. The van der Waals surface area contributed by atoms with Crippen molar-refractivity contribution in [1.82, 2.24) is 5.32 Å². The SMILES string of the molecule is CNC(c1ccc(Cl)cc1)c1ccc2c(c1)CCO2. The lowest BCUT2D eigenvalue weighted by Crippen LogP contribution is -2.17. The molecule has 2 nitrogen and oxygen atoms in total. The van der Waals surface area contributed by atoms with Gasteiger partial charge in [-0.3, -0.25) is 0 Å². The maximum atomic E-state index is 5.95. The van der Waals surface area contributed by atoms with Crippen LogP contribution < -0.4 is 10.1 Å². The number of ether oxygens (including phenoxy) is 1. The summed E-state index contributed by atoms with van der Waals surface area (Å²) in [6, 6.07) is 14.6. The largest absolute Gasteiger partial charge is 0.493 e. The second kappa shape index (κ2) is 5.24. The number of halogens is 1. The van der Waals surface area contributed by atoms with Gasteiger partial charge in [-0.1, -0.05) is 35.9 Å². The summed E-state index contributed by atoms with van der Waals surface area (Å²) in [5.41, 5.74) is 3.77. The Labute approximate surface area is 118 Å². The van der Waals surface area contributed by atoms with Gasteiger partial charge < -0.3 is 10.1 Å². The molecule has 0 aromatic heterocycles. The van der Waals surface area contributed by atoms with Crippen LogP contribution in [0, 0.1) is 0 Å². The minimum atomic E-state index is 0.183. The molecule has 2 aromatic rings. The van der Waals surface area contributed by atoms with Gasteiger partial charge in [-0.25, -0.2) is 0 Å². The molecule has 19 heavy (non-hydrogen) atoms. The van der Waals surface area contributed by atoms with Crippen LogP contribution in [-0.4, -0.2) is 13.7 Å². The monoisotopic (exact) mass is 273 g/mol. The molecule has 1 aliphatic rings. The molecule has 1 N–H and O–H groups in total. The Kier molecular flexibility index (Phi) is 3.45. The summed E-state index contributed by atoms with van der Waals surface area (Å²) in [7, 11) is 1.98. The molecule has 0 saturated carbocycles. The minimum Gasteiger partial charge on any atom is -0.493 e. The molecule has 98 valence electrons. The Hall–Kier alpha value is -1.51. The molecule has 3 heteroatoms. The Balaban J connectivity index is 1.96. The molecule has 0 spiro atoms. The minimum absolute atomic E-state index is 0.183. The lowest BCUT2D eigenvalue weighted by atomic mass is 9.96. The van der Waals surface area contributed by atoms with Gasteiger partial charge in [-0.2, -0.15) is 0 Å². The quantitative estimate of drug-likeness (QED) is 0.923. The Morgan fingerprint density at radius 1 is 1.11 bits per heavy atom. The van der Waals surface area contributed by atoms with E-state index >= 15 is 0 Å². The van der Waals surface area contributed by atoms with Crippen molar-refractivity contribution in [3.8, 4) is 5.75 Å². The smallest absolute Gasteiger partial charge is 0.122 e. The number of hydrogen-bond donors (Lipinski definition) is 1. The van der Waals surface area contributed by atoms with Gasteiger partial charge in [-0.05, 0) is 41.9 Å². The number of fused-ring (bicyclic) bond motifs is 1. The van der Waals surface area contributed by atoms with Crippen LogP contribution in [0.5, 0.6) is 5.75 Å². The van der Waals surface area contributed by atoms with Crippen molar-refractivity contribution in [1.29, 1.82) is 0 Å². The predicted molar refractivity (Wildman–Crippen MR) is 78.0 cm³/mol. The summed E-state index contributed by atoms with van der Waals surface area (Å²) in [5.74, 6) is 1.02. The van der Waals surface area contributed by atoms with Crippen molar-refractivity contribution in [3.05, 3.63) is 64.2 Å². The zero-order chi connectivity index (χ0) is 13.2. The summed E-state index contributed by atoms with van der Waals surface area (Å²) in [4.78, 5) is 0. The molecule has 0 radical (unpaired) electrons. The number of hydrogen-bond acceptors (Lipinski definition) is 2. The van der Waals surface area contributed by atoms with Gasteiger partial charge in [0.15, 0.2) is 0 Å². The van der Waals surface area contributed by atoms with Crippen molar-refractivity contribution < 1.29 is 4.74 Å². The van der Waals surface area contributed by atoms with Crippen LogP contribution in [-0.2, 0) is 6.42 Å². The van der Waals surface area contributed by atoms with E-state index in [0.717, 1.165) is 23.8 Å². The third-order valence-corrected chi connectivity index (χ3v) is 3.79. The highest BCUT2D eigenvalue weighted by Crippen LogP contribution is 2.30. The Morgan fingerprint density at radius 3 is 2.58 bits per heavy atom. The van der Waals surface area contributed by atoms with Crippen LogP contribution in [0.25, 0.3) is 0 Å². The van der Waals surface area contributed by atoms with Crippen molar-refractivity contribution in [2.45, 2.75) is 12.5 Å². The van der Waals surface area contributed by atoms with Crippen LogP contribution in [0.3, 0.4) is 0 Å². The Bertz CT molecular complexity index is 580. The van der Waals surface area contributed by atoms with Gasteiger partial charge in [0, 0.05) is 11.4 Å². The second-order valence-corrected chi connectivity index (χ2v) is 5.18. The van der Waals surface area contributed by atoms with Crippen molar-refractivity contribution >= 4 is 11.6 Å². The standard InChI is InChI=1S/C16H16ClNO/c1-18-16(11-2-5-14(17)6-3-11)13-4-7-15-12(10-13)8-9-19-15/h2-7,10,16,18H,8-9H2,1H3. The molecule has 3 rings (SSSR count). The van der Waals surface area contributed by atoms with E-state index in [0.29, 0.717) is 0 Å². The average Bonchev–Trinajstić information content (AvgIpc) is 2.89. The molecule has 1 heterocycles. The van der Waals surface area contributed by atoms with Crippen LogP contribution in [0.15, 0.2) is 42.5 Å². The van der Waals surface area contributed by atoms with Gasteiger partial charge >= 0.3 is 0 Å². The molecule has 2 aromatic carbocycles. The highest BCUT2D eigenvalue weighted by Gasteiger charge is 2.17. The molecule has 0 aliphatic carbocycles. The Morgan fingerprint density at radius 2 is 1.84 bits per heavy atom. The first kappa shape index (κ1) is 12.5. The van der Waals surface area contributed by atoms with E-state index in [4.69, 9.17) is 16.3 Å². The fourth-order valence-corrected chi connectivity index (χ4v) is 2.69. The lowest BCUT2D eigenvalue weighted by Gasteiger charge is -2.18. The van der Waals surface area contributed by atoms with Gasteiger partial charge in [0.25, 0.3) is 0 Å². The molecule has 1 atom stereocenters. The normalized spacial score (nSPS) is 14.8. The maximum absolute atomic E-state index is 5.95. The predicted octanol–water partition coefficient (Wildman–Crippen LogP) is 3.58. The summed E-state index contributed by atoms with van der Waals surface area (Å²) >= 11 is 5.95. The van der Waals surface area contributed by atoms with Crippen LogP contribution in [0.2, 0.25) is 5.02 Å². The van der Waals surface area contributed by atoms with Crippen LogP contribution in [0.1, 0.15) is 22.7 Å². The highest BCUT2D eigenvalue weighted by atomic mass is 35.5. The molecule has 1 aliphatic heterocycles. The third kappa shape index (κ3) is 2.46. The number of nitrogens with one attached hydrogen (secondary N) is 1. The van der Waals surface area contributed by atoms with Crippen LogP contribution in [0.4, 0.5) is 0 Å². The van der Waals surface area contributed by atoms with E-state index in [1.165, 1.54) is 16.7 Å². The summed E-state index contributed by atoms with van der Waals surface area (Å²) < 4.78 is 5.55. The van der Waals surface area contributed by atoms with E-state index < -0.39 is 0 Å². The number of rotatable bonds is 3. The van der Waals surface area contributed by atoms with E-state index in [9.17, 15) is 0 Å². The first-order valence-corrected chi connectivity index (χ1v) is 6.84. The zero-order valence-corrected chi connectivity index (χ0v) is 11.6. The van der Waals surface area contributed by atoms with E-state index in [-0.39, 0.29) is 6.04 Å². The lowest BCUT2D eigenvalue weighted by molar-refractivity contribution is 0.357. The third-order valence-electron chi connectivity index (χ3n) is 3.54. The van der Waals surface area contributed by atoms with E-state index in [1.54, 1.807) is 0 Å². The molecular formula is C16H16ClNO. The van der Waals surface area contributed by atoms with Gasteiger partial charge in [-0.15, -0.1) is 0 Å². The molecule has 1 unspecified atom stereocenters. The first-order valence-electron chi connectivity index (χ1n) is 6.46. The molecule has 0 fully saturated rings. The van der Waals surface area contributed by atoms with Crippen molar-refractivity contribution in [2.24, 2.45) is 0 Å². The summed E-state index contributed by atoms with van der Waals surface area (Å²) in [5, 5.41) is 4.13. The second-order valence-electron chi connectivity index (χ2n) is 4.74. The molecule has 0 amide bonds. The molecular weight excluding hydrogens is 258 g/mol. The van der Waals surface area contributed by atoms with Crippen LogP contribution >= 0.6 is 11.6 Å². The van der Waals surface area contributed by atoms with Crippen molar-refractivity contribution in [3.63, 3.8) is 0 Å². The fourth-order valence-electron chi connectivity index (χ4n) is 2.57. The highest BCUT2D eigenvalue weighted by molar-refractivity contribution is 6.30. The van der Waals surface area contributed by atoms with Gasteiger partial charge in [0.2, 0.25) is 0 Å². The van der Waals surface area contributed by atoms with Crippen molar-refractivity contribution in [2.75, 3.05) is 13.7 Å². The average molecular weight is 274 g/mol. The molecule has 0 bridgehead atoms. The van der Waals surface area contributed by atoms with Gasteiger partial charge in [0.1, 0.15) is 5.75 Å². The maximum Gasteiger partial charge on any atom is 0.122 e. The summed E-state index contributed by atoms with van der Waals surface area (Å²) in [6.45, 7) is 0.796. The number of benzene rings is 2. The topological polar surface area (TPSA) is 21.3 Å². The fraction of sp³-hybridized carbons (Fsp3) is 0.250. The summed E-state index contributed by atoms with van der Waals surface area (Å²) in [6.07, 6.45) is 1.00. The van der Waals surface area contributed by atoms with E-state index in [2.05, 4.69) is 35.6 Å². The first-order chi connectivity index (χ1) is 9.28. The zero-order valence-electron chi connectivity index (χ0n) is 10.8.